The molecule has 1 aliphatic rings. The fourth-order valence-corrected chi connectivity index (χ4v) is 5.22. The third kappa shape index (κ3) is 4.60. The van der Waals surface area contributed by atoms with Gasteiger partial charge in [0.05, 0.1) is 28.6 Å². The van der Waals surface area contributed by atoms with Gasteiger partial charge in [-0.25, -0.2) is 15.0 Å². The highest BCUT2D eigenvalue weighted by atomic mass is 35.5. The van der Waals surface area contributed by atoms with Crippen LogP contribution in [-0.4, -0.2) is 38.0 Å². The maximum absolute atomic E-state index is 12.5. The molecule has 1 aliphatic heterocycles. The molecule has 2 atom stereocenters. The van der Waals surface area contributed by atoms with Crippen LogP contribution in [0.4, 0.5) is 5.13 Å². The average molecular weight is 469 g/mol. The number of rotatable bonds is 5. The summed E-state index contributed by atoms with van der Waals surface area (Å²) in [5.41, 5.74) is 8.19. The zero-order valence-electron chi connectivity index (χ0n) is 15.4. The van der Waals surface area contributed by atoms with E-state index >= 15 is 0 Å². The Kier molecular flexibility index (Phi) is 6.14. The summed E-state index contributed by atoms with van der Waals surface area (Å²) in [5.74, 6) is -0.393. The van der Waals surface area contributed by atoms with Gasteiger partial charge in [-0.15, -0.1) is 11.3 Å². The smallest absolute Gasteiger partial charge is 0.277 e. The Morgan fingerprint density at radius 1 is 1.34 bits per heavy atom. The first-order chi connectivity index (χ1) is 13.9. The van der Waals surface area contributed by atoms with Crippen LogP contribution >= 0.6 is 45.9 Å². The van der Waals surface area contributed by atoms with Gasteiger partial charge in [-0.1, -0.05) is 34.5 Å². The topological polar surface area (TPSA) is 97.0 Å². The van der Waals surface area contributed by atoms with Crippen LogP contribution in [-0.2, 0) is 6.54 Å². The number of halogens is 2. The van der Waals surface area contributed by atoms with Gasteiger partial charge in [0.25, 0.3) is 5.91 Å². The largest absolute Gasteiger partial charge is 0.316 e. The van der Waals surface area contributed by atoms with Crippen molar-refractivity contribution in [1.29, 1.82) is 0 Å². The van der Waals surface area contributed by atoms with Crippen molar-refractivity contribution in [3.05, 3.63) is 43.9 Å². The lowest BCUT2D eigenvalue weighted by atomic mass is 10.2. The number of likely N-dealkylation sites (tertiary alicyclic amines) is 1. The molecule has 1 fully saturated rings. The van der Waals surface area contributed by atoms with E-state index in [0.29, 0.717) is 22.1 Å². The van der Waals surface area contributed by atoms with Gasteiger partial charge in [0.15, 0.2) is 5.13 Å². The van der Waals surface area contributed by atoms with Crippen LogP contribution in [0.2, 0.25) is 9.49 Å². The number of carbonyl (C=O) groups is 1. The summed E-state index contributed by atoms with van der Waals surface area (Å²) in [4.78, 5) is 28.3. The molecule has 1 saturated heterocycles. The molecule has 0 spiro atoms. The number of nitrogens with one attached hydrogen (secondary N) is 1. The molecule has 29 heavy (non-hydrogen) atoms. The van der Waals surface area contributed by atoms with E-state index in [2.05, 4.69) is 32.1 Å². The van der Waals surface area contributed by atoms with Crippen molar-refractivity contribution in [3.8, 4) is 11.3 Å². The molecule has 152 valence electrons. The second kappa shape index (κ2) is 8.63. The van der Waals surface area contributed by atoms with Crippen molar-refractivity contribution >= 4 is 56.9 Å². The number of nitrogens with two attached hydrogens (primary N) is 1. The van der Waals surface area contributed by atoms with E-state index in [4.69, 9.17) is 28.9 Å². The molecule has 0 aliphatic carbocycles. The van der Waals surface area contributed by atoms with Crippen LogP contribution in [0.25, 0.3) is 11.3 Å². The minimum atomic E-state index is -0.393. The van der Waals surface area contributed by atoms with E-state index in [9.17, 15) is 4.79 Å². The maximum Gasteiger partial charge on any atom is 0.277 e. The highest BCUT2D eigenvalue weighted by molar-refractivity contribution is 7.16. The third-order valence-corrected chi connectivity index (χ3v) is 7.05. The number of aromatic nitrogens is 3. The Balaban J connectivity index is 1.62. The summed E-state index contributed by atoms with van der Waals surface area (Å²) >= 11 is 14.7. The van der Waals surface area contributed by atoms with Gasteiger partial charge in [0, 0.05) is 28.4 Å². The van der Waals surface area contributed by atoms with Crippen LogP contribution in [0.3, 0.4) is 0 Å². The lowest BCUT2D eigenvalue weighted by molar-refractivity contribution is 0.102. The predicted molar refractivity (Wildman–Crippen MR) is 118 cm³/mol. The lowest BCUT2D eigenvalue weighted by Crippen LogP contribution is -2.39. The van der Waals surface area contributed by atoms with E-state index in [1.807, 2.05) is 11.4 Å². The van der Waals surface area contributed by atoms with Crippen molar-refractivity contribution in [1.82, 2.24) is 19.9 Å². The Morgan fingerprint density at radius 3 is 2.79 bits per heavy atom. The van der Waals surface area contributed by atoms with Gasteiger partial charge in [0.1, 0.15) is 10.8 Å². The predicted octanol–water partition coefficient (Wildman–Crippen LogP) is 4.49. The zero-order chi connectivity index (χ0) is 20.5. The number of hydrogen-bond donors (Lipinski definition) is 2. The fraction of sp³-hybridized carbons (Fsp3) is 0.333. The van der Waals surface area contributed by atoms with E-state index in [1.165, 1.54) is 35.1 Å². The number of amides is 1. The maximum atomic E-state index is 12.5. The summed E-state index contributed by atoms with van der Waals surface area (Å²) in [6, 6.07) is 2.28. The number of anilines is 1. The van der Waals surface area contributed by atoms with Crippen LogP contribution in [0, 0.1) is 0 Å². The molecular formula is C18H18Cl2N6OS2. The molecule has 0 saturated carbocycles. The number of nitrogens with zero attached hydrogens (tertiary/aromatic N) is 4. The quantitative estimate of drug-likeness (QED) is 0.572. The number of thiazole rings is 1. The van der Waals surface area contributed by atoms with E-state index in [-0.39, 0.29) is 17.0 Å². The van der Waals surface area contributed by atoms with Crippen LogP contribution in [0.15, 0.2) is 23.8 Å². The molecular weight excluding hydrogens is 451 g/mol. The van der Waals surface area contributed by atoms with Crippen LogP contribution in [0.5, 0.6) is 0 Å². The number of hydrogen-bond acceptors (Lipinski definition) is 8. The van der Waals surface area contributed by atoms with E-state index < -0.39 is 5.91 Å². The molecule has 0 aromatic carbocycles. The summed E-state index contributed by atoms with van der Waals surface area (Å²) in [5, 5.41) is 5.48. The molecule has 4 heterocycles. The van der Waals surface area contributed by atoms with E-state index in [0.717, 1.165) is 29.0 Å². The fourth-order valence-electron chi connectivity index (χ4n) is 3.27. The molecule has 0 unspecified atom stereocenters. The molecule has 0 radical (unpaired) electrons. The number of thiophene rings is 1. The molecule has 4 rings (SSSR count). The van der Waals surface area contributed by atoms with Crippen LogP contribution in [0.1, 0.15) is 35.1 Å². The summed E-state index contributed by atoms with van der Waals surface area (Å²) in [6.45, 7) is 2.84. The Labute approximate surface area is 185 Å². The Hall–Kier alpha value is -1.62. The monoisotopic (exact) mass is 468 g/mol. The average Bonchev–Trinajstić information content (AvgIpc) is 3.37. The standard InChI is InChI=1S/C18H18Cl2N6OS2/c1-9-2-3-15(21)26(9)7-12-16(10-4-14(20)28-8-10)24-18(29-12)25-17(27)11-5-23-13(19)6-22-11/h4-6,8-9,15H,2-3,7,21H2,1H3,(H,24,25,27)/t9-,15+/m1/s1. The minimum Gasteiger partial charge on any atom is -0.316 e. The molecule has 11 heteroatoms. The minimum absolute atomic E-state index is 0.0217. The third-order valence-electron chi connectivity index (χ3n) is 4.81. The summed E-state index contributed by atoms with van der Waals surface area (Å²) in [7, 11) is 0. The highest BCUT2D eigenvalue weighted by Crippen LogP contribution is 2.37. The summed E-state index contributed by atoms with van der Waals surface area (Å²) < 4.78 is 0.687. The lowest BCUT2D eigenvalue weighted by Gasteiger charge is -2.25. The first kappa shape index (κ1) is 20.6. The number of carbonyl (C=O) groups excluding carboxylic acids is 1. The van der Waals surface area contributed by atoms with Gasteiger partial charge in [-0.2, -0.15) is 0 Å². The zero-order valence-corrected chi connectivity index (χ0v) is 18.6. The van der Waals surface area contributed by atoms with E-state index in [1.54, 1.807) is 0 Å². The van der Waals surface area contributed by atoms with Crippen molar-refractivity contribution < 1.29 is 4.79 Å². The van der Waals surface area contributed by atoms with Gasteiger partial charge in [-0.3, -0.25) is 15.0 Å². The molecule has 0 bridgehead atoms. The van der Waals surface area contributed by atoms with Gasteiger partial charge in [0.2, 0.25) is 0 Å². The second-order valence-electron chi connectivity index (χ2n) is 6.77. The van der Waals surface area contributed by atoms with Gasteiger partial charge >= 0.3 is 0 Å². The molecule has 3 N–H and O–H groups in total. The first-order valence-corrected chi connectivity index (χ1v) is 11.4. The highest BCUT2D eigenvalue weighted by Gasteiger charge is 2.29. The molecule has 3 aromatic rings. The second-order valence-corrected chi connectivity index (χ2v) is 9.79. The summed E-state index contributed by atoms with van der Waals surface area (Å²) in [6.07, 6.45) is 4.72. The van der Waals surface area contributed by atoms with Crippen molar-refractivity contribution in [2.45, 2.75) is 38.5 Å². The van der Waals surface area contributed by atoms with Crippen molar-refractivity contribution in [2.24, 2.45) is 5.73 Å². The molecule has 1 amide bonds. The Morgan fingerprint density at radius 2 is 2.17 bits per heavy atom. The SMILES string of the molecule is C[C@@H]1CC[C@@H](N)N1Cc1sc(NC(=O)c2cnc(Cl)cn2)nc1-c1csc(Cl)c1. The first-order valence-electron chi connectivity index (χ1n) is 8.95. The van der Waals surface area contributed by atoms with Crippen LogP contribution < -0.4 is 11.1 Å². The molecule has 7 nitrogen and oxygen atoms in total. The molecule has 3 aromatic heterocycles. The van der Waals surface area contributed by atoms with Crippen molar-refractivity contribution in [3.63, 3.8) is 0 Å². The van der Waals surface area contributed by atoms with Crippen molar-refractivity contribution in [2.75, 3.05) is 5.32 Å². The normalized spacial score (nSPS) is 19.6. The van der Waals surface area contributed by atoms with Gasteiger partial charge in [-0.05, 0) is 25.8 Å². The Bertz CT molecular complexity index is 1010. The van der Waals surface area contributed by atoms with Gasteiger partial charge < -0.3 is 5.73 Å².